The molecule has 5 rings (SSSR count). The number of rotatable bonds is 5. The molecule has 1 aliphatic rings. The zero-order valence-electron chi connectivity index (χ0n) is 18.1. The van der Waals surface area contributed by atoms with E-state index in [0.29, 0.717) is 25.1 Å². The van der Waals surface area contributed by atoms with Gasteiger partial charge in [-0.05, 0) is 56.2 Å². The molecule has 33 heavy (non-hydrogen) atoms. The number of aryl methyl sites for hydroxylation is 1. The van der Waals surface area contributed by atoms with Crippen LogP contribution in [0.25, 0.3) is 20.8 Å². The highest BCUT2D eigenvalue weighted by Gasteiger charge is 2.39. The van der Waals surface area contributed by atoms with Crippen LogP contribution in [0.3, 0.4) is 0 Å². The summed E-state index contributed by atoms with van der Waals surface area (Å²) in [6.45, 7) is 2.24. The molecule has 2 heterocycles. The number of carbonyl (C=O) groups is 1. The first kappa shape index (κ1) is 21.8. The lowest BCUT2D eigenvalue weighted by molar-refractivity contribution is -0.119. The molecular weight excluding hydrogens is 454 g/mol. The molecular formula is C25H23N3O3S2. The summed E-state index contributed by atoms with van der Waals surface area (Å²) in [4.78, 5) is 18.2. The van der Waals surface area contributed by atoms with Crippen LogP contribution in [-0.2, 0) is 14.8 Å². The van der Waals surface area contributed by atoms with Crippen LogP contribution in [-0.4, -0.2) is 36.2 Å². The van der Waals surface area contributed by atoms with Gasteiger partial charge in [0.2, 0.25) is 15.9 Å². The molecule has 1 N–H and O–H groups in total. The average molecular weight is 478 g/mol. The molecule has 0 bridgehead atoms. The second kappa shape index (κ2) is 8.70. The minimum absolute atomic E-state index is 0.211. The molecule has 1 fully saturated rings. The third-order valence-electron chi connectivity index (χ3n) is 5.84. The number of sulfonamides is 1. The number of fused-ring (bicyclic) bond motifs is 1. The quantitative estimate of drug-likeness (QED) is 0.436. The van der Waals surface area contributed by atoms with Gasteiger partial charge in [0.1, 0.15) is 11.0 Å². The fourth-order valence-electron chi connectivity index (χ4n) is 4.12. The number of thiazole rings is 1. The SMILES string of the molecule is Cc1ccc(S(=O)(=O)N2CCC[C@@H]2C(=O)Nc2ccccc2-c2nc3ccccc3s2)cc1. The third-order valence-corrected chi connectivity index (χ3v) is 8.84. The van der Waals surface area contributed by atoms with Gasteiger partial charge in [-0.25, -0.2) is 13.4 Å². The van der Waals surface area contributed by atoms with E-state index in [2.05, 4.69) is 5.32 Å². The number of hydrogen-bond acceptors (Lipinski definition) is 5. The van der Waals surface area contributed by atoms with E-state index in [1.807, 2.05) is 55.5 Å². The summed E-state index contributed by atoms with van der Waals surface area (Å²) in [7, 11) is -3.76. The molecule has 8 heteroatoms. The van der Waals surface area contributed by atoms with Crippen LogP contribution in [0.1, 0.15) is 18.4 Å². The van der Waals surface area contributed by atoms with Crippen molar-refractivity contribution in [2.45, 2.75) is 30.7 Å². The smallest absolute Gasteiger partial charge is 0.243 e. The van der Waals surface area contributed by atoms with Gasteiger partial charge < -0.3 is 5.32 Å². The van der Waals surface area contributed by atoms with E-state index >= 15 is 0 Å². The molecule has 0 radical (unpaired) electrons. The monoisotopic (exact) mass is 477 g/mol. The van der Waals surface area contributed by atoms with Gasteiger partial charge in [-0.3, -0.25) is 4.79 Å². The van der Waals surface area contributed by atoms with Gasteiger partial charge in [-0.15, -0.1) is 11.3 Å². The molecule has 0 aliphatic carbocycles. The minimum atomic E-state index is -3.76. The lowest BCUT2D eigenvalue weighted by Gasteiger charge is -2.24. The van der Waals surface area contributed by atoms with Gasteiger partial charge in [-0.2, -0.15) is 4.31 Å². The van der Waals surface area contributed by atoms with Crippen LogP contribution >= 0.6 is 11.3 Å². The van der Waals surface area contributed by atoms with Crippen molar-refractivity contribution in [2.24, 2.45) is 0 Å². The fourth-order valence-corrected chi connectivity index (χ4v) is 6.78. The predicted molar refractivity (Wildman–Crippen MR) is 132 cm³/mol. The molecule has 0 saturated carbocycles. The van der Waals surface area contributed by atoms with Crippen LogP contribution in [0.2, 0.25) is 0 Å². The summed E-state index contributed by atoms with van der Waals surface area (Å²) < 4.78 is 28.9. The molecule has 0 spiro atoms. The van der Waals surface area contributed by atoms with E-state index in [1.165, 1.54) is 4.31 Å². The fraction of sp³-hybridized carbons (Fsp3) is 0.200. The van der Waals surface area contributed by atoms with Gasteiger partial charge in [0.05, 0.1) is 20.8 Å². The Kier molecular flexibility index (Phi) is 5.74. The van der Waals surface area contributed by atoms with Crippen molar-refractivity contribution in [3.8, 4) is 10.6 Å². The summed E-state index contributed by atoms with van der Waals surface area (Å²) in [6.07, 6.45) is 1.13. The van der Waals surface area contributed by atoms with Crippen molar-refractivity contribution >= 4 is 43.2 Å². The van der Waals surface area contributed by atoms with E-state index in [0.717, 1.165) is 26.4 Å². The molecule has 1 saturated heterocycles. The van der Waals surface area contributed by atoms with E-state index in [4.69, 9.17) is 4.98 Å². The second-order valence-electron chi connectivity index (χ2n) is 8.11. The van der Waals surface area contributed by atoms with Gasteiger partial charge in [-0.1, -0.05) is 42.0 Å². The lowest BCUT2D eigenvalue weighted by Crippen LogP contribution is -2.43. The van der Waals surface area contributed by atoms with Gasteiger partial charge in [0, 0.05) is 12.1 Å². The maximum Gasteiger partial charge on any atom is 0.243 e. The van der Waals surface area contributed by atoms with Crippen molar-refractivity contribution in [2.75, 3.05) is 11.9 Å². The van der Waals surface area contributed by atoms with Crippen LogP contribution in [0.15, 0.2) is 77.7 Å². The Balaban J connectivity index is 1.42. The molecule has 6 nitrogen and oxygen atoms in total. The summed E-state index contributed by atoms with van der Waals surface area (Å²) >= 11 is 1.56. The number of benzene rings is 3. The minimum Gasteiger partial charge on any atom is -0.324 e. The Labute approximate surface area is 197 Å². The number of amides is 1. The first-order chi connectivity index (χ1) is 15.9. The number of hydrogen-bond donors (Lipinski definition) is 1. The topological polar surface area (TPSA) is 79.4 Å². The van der Waals surface area contributed by atoms with Crippen LogP contribution in [0.4, 0.5) is 5.69 Å². The van der Waals surface area contributed by atoms with Crippen molar-refractivity contribution in [3.63, 3.8) is 0 Å². The van der Waals surface area contributed by atoms with Gasteiger partial charge in [0.15, 0.2) is 0 Å². The van der Waals surface area contributed by atoms with Crippen molar-refractivity contribution in [1.82, 2.24) is 9.29 Å². The van der Waals surface area contributed by atoms with Gasteiger partial charge >= 0.3 is 0 Å². The maximum atomic E-state index is 13.3. The van der Waals surface area contributed by atoms with Gasteiger partial charge in [0.25, 0.3) is 0 Å². The first-order valence-electron chi connectivity index (χ1n) is 10.8. The Morgan fingerprint density at radius 2 is 1.76 bits per heavy atom. The number of nitrogens with zero attached hydrogens (tertiary/aromatic N) is 2. The van der Waals surface area contributed by atoms with E-state index in [-0.39, 0.29) is 10.8 Å². The molecule has 0 unspecified atom stereocenters. The van der Waals surface area contributed by atoms with Crippen molar-refractivity contribution in [3.05, 3.63) is 78.4 Å². The van der Waals surface area contributed by atoms with Crippen molar-refractivity contribution < 1.29 is 13.2 Å². The van der Waals surface area contributed by atoms with Crippen LogP contribution in [0, 0.1) is 6.92 Å². The maximum absolute atomic E-state index is 13.3. The number of nitrogens with one attached hydrogen (secondary N) is 1. The Morgan fingerprint density at radius 3 is 2.55 bits per heavy atom. The molecule has 1 amide bonds. The largest absolute Gasteiger partial charge is 0.324 e. The molecule has 1 atom stereocenters. The Hall–Kier alpha value is -3.07. The van der Waals surface area contributed by atoms with E-state index in [1.54, 1.807) is 35.6 Å². The molecule has 1 aromatic heterocycles. The third kappa shape index (κ3) is 4.17. The zero-order valence-corrected chi connectivity index (χ0v) is 19.7. The van der Waals surface area contributed by atoms with Crippen molar-refractivity contribution in [1.29, 1.82) is 0 Å². The zero-order chi connectivity index (χ0) is 23.0. The summed E-state index contributed by atoms with van der Waals surface area (Å²) in [5, 5.41) is 3.79. The molecule has 1 aliphatic heterocycles. The average Bonchev–Trinajstić information content (AvgIpc) is 3.47. The predicted octanol–water partition coefficient (Wildman–Crippen LogP) is 5.06. The number of anilines is 1. The molecule has 168 valence electrons. The highest BCUT2D eigenvalue weighted by Crippen LogP contribution is 2.35. The van der Waals surface area contributed by atoms with Crippen LogP contribution < -0.4 is 5.32 Å². The van der Waals surface area contributed by atoms with Crippen LogP contribution in [0.5, 0.6) is 0 Å². The lowest BCUT2D eigenvalue weighted by atomic mass is 10.1. The first-order valence-corrected chi connectivity index (χ1v) is 13.0. The highest BCUT2D eigenvalue weighted by atomic mass is 32.2. The summed E-state index contributed by atoms with van der Waals surface area (Å²) in [6, 6.07) is 21.4. The second-order valence-corrected chi connectivity index (χ2v) is 11.0. The Bertz CT molecular complexity index is 1400. The number of aromatic nitrogens is 1. The molecule has 4 aromatic rings. The summed E-state index contributed by atoms with van der Waals surface area (Å²) in [5.74, 6) is -0.322. The van der Waals surface area contributed by atoms with E-state index in [9.17, 15) is 13.2 Å². The normalized spacial score (nSPS) is 16.8. The highest BCUT2D eigenvalue weighted by molar-refractivity contribution is 7.89. The number of carbonyl (C=O) groups excluding carboxylic acids is 1. The number of para-hydroxylation sites is 2. The summed E-state index contributed by atoms with van der Waals surface area (Å²) in [5.41, 5.74) is 3.33. The van der Waals surface area contributed by atoms with E-state index < -0.39 is 16.1 Å². The Morgan fingerprint density at radius 1 is 1.03 bits per heavy atom. The standard InChI is InChI=1S/C25H23N3O3S2/c1-17-12-14-18(15-13-17)33(30,31)28-16-6-10-22(28)24(29)26-20-8-3-2-7-19(20)25-27-21-9-4-5-11-23(21)32-25/h2-5,7-9,11-15,22H,6,10,16H2,1H3,(H,26,29)/t22-/m1/s1. The molecule has 3 aromatic carbocycles.